The second-order valence-corrected chi connectivity index (χ2v) is 5.78. The first-order valence-electron chi connectivity index (χ1n) is 6.25. The minimum atomic E-state index is 0.222. The number of alkyl halides is 1. The molecule has 96 valence electrons. The van der Waals surface area contributed by atoms with Gasteiger partial charge in [-0.15, -0.1) is 22.9 Å². The van der Waals surface area contributed by atoms with Crippen LogP contribution in [0.3, 0.4) is 0 Å². The highest BCUT2D eigenvalue weighted by Gasteiger charge is 2.09. The van der Waals surface area contributed by atoms with Crippen LogP contribution in [-0.4, -0.2) is 5.88 Å². The van der Waals surface area contributed by atoms with Crippen molar-refractivity contribution >= 4 is 22.9 Å². The van der Waals surface area contributed by atoms with Crippen LogP contribution in [0.15, 0.2) is 42.5 Å². The molecule has 0 bridgehead atoms. The van der Waals surface area contributed by atoms with Crippen LogP contribution in [0.4, 0.5) is 0 Å². The lowest BCUT2D eigenvalue weighted by atomic mass is 10.1. The second kappa shape index (κ2) is 6.93. The molecule has 2 rings (SSSR count). The second-order valence-electron chi connectivity index (χ2n) is 4.22. The van der Waals surface area contributed by atoms with E-state index in [1.54, 1.807) is 0 Å². The van der Waals surface area contributed by atoms with Crippen LogP contribution in [0.2, 0.25) is 0 Å². The molecule has 0 aliphatic carbocycles. The highest BCUT2D eigenvalue weighted by molar-refractivity contribution is 7.11. The Morgan fingerprint density at radius 3 is 2.44 bits per heavy atom. The highest BCUT2D eigenvalue weighted by atomic mass is 35.5. The molecule has 0 amide bonds. The van der Waals surface area contributed by atoms with Crippen molar-refractivity contribution in [2.24, 2.45) is 0 Å². The maximum Gasteiger partial charge on any atom is 0.0460 e. The number of hydrogen-bond donors (Lipinski definition) is 1. The van der Waals surface area contributed by atoms with Gasteiger partial charge in [-0.05, 0) is 24.1 Å². The van der Waals surface area contributed by atoms with Crippen LogP contribution >= 0.6 is 22.9 Å². The van der Waals surface area contributed by atoms with Gasteiger partial charge in [0, 0.05) is 28.2 Å². The van der Waals surface area contributed by atoms with E-state index in [1.807, 2.05) is 17.4 Å². The summed E-state index contributed by atoms with van der Waals surface area (Å²) in [4.78, 5) is 2.81. The van der Waals surface area contributed by atoms with Gasteiger partial charge in [-0.1, -0.05) is 37.3 Å². The molecule has 1 aromatic heterocycles. The quantitative estimate of drug-likeness (QED) is 0.774. The zero-order valence-electron chi connectivity index (χ0n) is 10.5. The summed E-state index contributed by atoms with van der Waals surface area (Å²) in [5.74, 6) is 0.593. The molecule has 1 nitrogen and oxygen atoms in total. The number of aryl methyl sites for hydroxylation is 1. The van der Waals surface area contributed by atoms with Crippen molar-refractivity contribution in [2.75, 3.05) is 5.88 Å². The Kier molecular flexibility index (Phi) is 5.24. The highest BCUT2D eigenvalue weighted by Crippen LogP contribution is 2.19. The van der Waals surface area contributed by atoms with Crippen LogP contribution < -0.4 is 5.32 Å². The zero-order chi connectivity index (χ0) is 12.8. The van der Waals surface area contributed by atoms with E-state index >= 15 is 0 Å². The number of nitrogens with one attached hydrogen (secondary N) is 1. The molecule has 0 fully saturated rings. The van der Waals surface area contributed by atoms with Gasteiger partial charge in [0.1, 0.15) is 0 Å². The summed E-state index contributed by atoms with van der Waals surface area (Å²) in [5, 5.41) is 3.52. The molecule has 0 saturated heterocycles. The van der Waals surface area contributed by atoms with Gasteiger partial charge in [-0.3, -0.25) is 0 Å². The number of thiophene rings is 1. The van der Waals surface area contributed by atoms with E-state index in [2.05, 4.69) is 48.6 Å². The van der Waals surface area contributed by atoms with E-state index in [0.717, 1.165) is 13.0 Å². The van der Waals surface area contributed by atoms with Crippen molar-refractivity contribution in [3.8, 4) is 0 Å². The summed E-state index contributed by atoms with van der Waals surface area (Å²) in [6, 6.07) is 15.0. The SMILES string of the molecule is CCc1ccc(CNC(CCl)c2ccccc2)s1. The van der Waals surface area contributed by atoms with Crippen molar-refractivity contribution in [3.63, 3.8) is 0 Å². The molecule has 1 heterocycles. The zero-order valence-corrected chi connectivity index (χ0v) is 12.1. The molecule has 0 aliphatic rings. The van der Waals surface area contributed by atoms with Gasteiger partial charge >= 0.3 is 0 Å². The van der Waals surface area contributed by atoms with Crippen molar-refractivity contribution in [3.05, 3.63) is 57.8 Å². The van der Waals surface area contributed by atoms with Gasteiger partial charge in [0.2, 0.25) is 0 Å². The molecule has 0 aliphatic heterocycles. The monoisotopic (exact) mass is 279 g/mol. The summed E-state index contributed by atoms with van der Waals surface area (Å²) in [5.41, 5.74) is 1.25. The summed E-state index contributed by atoms with van der Waals surface area (Å²) in [6.45, 7) is 3.07. The fourth-order valence-corrected chi connectivity index (χ4v) is 3.07. The van der Waals surface area contributed by atoms with E-state index in [4.69, 9.17) is 11.6 Å². The van der Waals surface area contributed by atoms with Crippen LogP contribution in [0.25, 0.3) is 0 Å². The molecule has 1 aromatic carbocycles. The summed E-state index contributed by atoms with van der Waals surface area (Å²) >= 11 is 7.92. The molecule has 0 spiro atoms. The van der Waals surface area contributed by atoms with Gasteiger partial charge in [-0.2, -0.15) is 0 Å². The lowest BCUT2D eigenvalue weighted by Gasteiger charge is -2.15. The molecule has 0 radical (unpaired) electrons. The first kappa shape index (κ1) is 13.6. The molecule has 2 aromatic rings. The van der Waals surface area contributed by atoms with E-state index < -0.39 is 0 Å². The van der Waals surface area contributed by atoms with E-state index in [0.29, 0.717) is 5.88 Å². The Morgan fingerprint density at radius 2 is 1.83 bits per heavy atom. The normalized spacial score (nSPS) is 12.6. The molecule has 1 N–H and O–H groups in total. The minimum Gasteiger partial charge on any atom is -0.304 e. The average molecular weight is 280 g/mol. The number of hydrogen-bond acceptors (Lipinski definition) is 2. The first-order chi connectivity index (χ1) is 8.83. The molecular formula is C15H18ClNS. The standard InChI is InChI=1S/C15H18ClNS/c1-2-13-8-9-14(18-13)11-17-15(10-16)12-6-4-3-5-7-12/h3-9,15,17H,2,10-11H2,1H3. The first-order valence-corrected chi connectivity index (χ1v) is 7.60. The van der Waals surface area contributed by atoms with E-state index in [1.165, 1.54) is 15.3 Å². The van der Waals surface area contributed by atoms with Crippen molar-refractivity contribution in [1.29, 1.82) is 0 Å². The largest absolute Gasteiger partial charge is 0.304 e. The van der Waals surface area contributed by atoms with Crippen molar-refractivity contribution < 1.29 is 0 Å². The third-order valence-electron chi connectivity index (χ3n) is 2.94. The molecule has 3 heteroatoms. The Morgan fingerprint density at radius 1 is 1.11 bits per heavy atom. The predicted octanol–water partition coefficient (Wildman–Crippen LogP) is 4.38. The van der Waals surface area contributed by atoms with Gasteiger partial charge in [0.15, 0.2) is 0 Å². The predicted molar refractivity (Wildman–Crippen MR) is 80.4 cm³/mol. The lowest BCUT2D eigenvalue weighted by Crippen LogP contribution is -2.21. The van der Waals surface area contributed by atoms with E-state index in [9.17, 15) is 0 Å². The fourth-order valence-electron chi connectivity index (χ4n) is 1.88. The van der Waals surface area contributed by atoms with Crippen molar-refractivity contribution in [2.45, 2.75) is 25.9 Å². The van der Waals surface area contributed by atoms with Crippen LogP contribution in [0.1, 0.15) is 28.3 Å². The Hall–Kier alpha value is -0.830. The summed E-state index contributed by atoms with van der Waals surface area (Å²) < 4.78 is 0. The fraction of sp³-hybridized carbons (Fsp3) is 0.333. The topological polar surface area (TPSA) is 12.0 Å². The van der Waals surface area contributed by atoms with Crippen molar-refractivity contribution in [1.82, 2.24) is 5.32 Å². The minimum absolute atomic E-state index is 0.222. The average Bonchev–Trinajstić information content (AvgIpc) is 2.89. The van der Waals surface area contributed by atoms with E-state index in [-0.39, 0.29) is 6.04 Å². The molecule has 18 heavy (non-hydrogen) atoms. The van der Waals surface area contributed by atoms with Crippen LogP contribution in [0.5, 0.6) is 0 Å². The van der Waals surface area contributed by atoms with Gasteiger partial charge in [-0.25, -0.2) is 0 Å². The lowest BCUT2D eigenvalue weighted by molar-refractivity contribution is 0.584. The van der Waals surface area contributed by atoms with Gasteiger partial charge < -0.3 is 5.32 Å². The Balaban J connectivity index is 1.95. The Bertz CT molecular complexity index is 466. The smallest absolute Gasteiger partial charge is 0.0460 e. The number of halogens is 1. The third-order valence-corrected chi connectivity index (χ3v) is 4.48. The maximum absolute atomic E-state index is 6.04. The number of rotatable bonds is 6. The van der Waals surface area contributed by atoms with Gasteiger partial charge in [0.25, 0.3) is 0 Å². The van der Waals surface area contributed by atoms with Gasteiger partial charge in [0.05, 0.1) is 0 Å². The van der Waals surface area contributed by atoms with Crippen LogP contribution in [0, 0.1) is 0 Å². The van der Waals surface area contributed by atoms with Crippen LogP contribution in [-0.2, 0) is 13.0 Å². The maximum atomic E-state index is 6.04. The third kappa shape index (κ3) is 3.58. The summed E-state index contributed by atoms with van der Waals surface area (Å²) in [7, 11) is 0. The molecule has 0 saturated carbocycles. The number of benzene rings is 1. The molecular weight excluding hydrogens is 262 g/mol. The molecule has 1 unspecified atom stereocenters. The Labute approximate surface area is 118 Å². The summed E-state index contributed by atoms with van der Waals surface area (Å²) in [6.07, 6.45) is 1.11. The molecule has 1 atom stereocenters.